The Kier molecular flexibility index (Phi) is 3.80. The molecule has 2 rings (SSSR count). The highest BCUT2D eigenvalue weighted by atomic mass is 32.1. The minimum absolute atomic E-state index is 0.134. The van der Waals surface area contributed by atoms with Gasteiger partial charge in [0.05, 0.1) is 5.56 Å². The van der Waals surface area contributed by atoms with Crippen LogP contribution >= 0.6 is 11.3 Å². The molecule has 5 nitrogen and oxygen atoms in total. The standard InChI is InChI=1S/C13H16N4OS/c1-8-9(2)19-6-10(8)13(18)16-11-5-12(17(3)4)15-7-14-11/h5-7H,1-4H3,(H,14,15,16,18). The van der Waals surface area contributed by atoms with Crippen molar-refractivity contribution in [3.63, 3.8) is 0 Å². The van der Waals surface area contributed by atoms with Crippen molar-refractivity contribution in [2.45, 2.75) is 13.8 Å². The summed E-state index contributed by atoms with van der Waals surface area (Å²) in [5, 5.41) is 4.67. The van der Waals surface area contributed by atoms with E-state index in [4.69, 9.17) is 0 Å². The quantitative estimate of drug-likeness (QED) is 0.935. The SMILES string of the molecule is Cc1scc(C(=O)Nc2cc(N(C)C)ncn2)c1C. The van der Waals surface area contributed by atoms with Gasteiger partial charge in [0.1, 0.15) is 18.0 Å². The molecular weight excluding hydrogens is 260 g/mol. The predicted octanol–water partition coefficient (Wildman–Crippen LogP) is 2.47. The van der Waals surface area contributed by atoms with Gasteiger partial charge >= 0.3 is 0 Å². The molecule has 0 saturated carbocycles. The molecule has 0 bridgehead atoms. The highest BCUT2D eigenvalue weighted by molar-refractivity contribution is 7.10. The highest BCUT2D eigenvalue weighted by Gasteiger charge is 2.13. The average Bonchev–Trinajstić information content (AvgIpc) is 2.70. The van der Waals surface area contributed by atoms with Crippen LogP contribution in [0, 0.1) is 13.8 Å². The lowest BCUT2D eigenvalue weighted by Crippen LogP contribution is -2.15. The summed E-state index contributed by atoms with van der Waals surface area (Å²) in [6.45, 7) is 3.96. The summed E-state index contributed by atoms with van der Waals surface area (Å²) in [7, 11) is 3.78. The Hall–Kier alpha value is -1.95. The Morgan fingerprint density at radius 3 is 2.63 bits per heavy atom. The zero-order valence-electron chi connectivity index (χ0n) is 11.4. The van der Waals surface area contributed by atoms with Crippen LogP contribution in [0.3, 0.4) is 0 Å². The molecule has 0 spiro atoms. The summed E-state index contributed by atoms with van der Waals surface area (Å²) in [6.07, 6.45) is 1.44. The lowest BCUT2D eigenvalue weighted by atomic mass is 10.1. The second-order valence-electron chi connectivity index (χ2n) is 4.44. The van der Waals surface area contributed by atoms with E-state index in [2.05, 4.69) is 15.3 Å². The van der Waals surface area contributed by atoms with E-state index in [1.165, 1.54) is 6.33 Å². The lowest BCUT2D eigenvalue weighted by molar-refractivity contribution is 0.102. The number of nitrogens with one attached hydrogen (secondary N) is 1. The second kappa shape index (κ2) is 5.36. The molecule has 2 aromatic rings. The molecule has 2 heterocycles. The van der Waals surface area contributed by atoms with Crippen LogP contribution in [0.1, 0.15) is 20.8 Å². The Bertz CT molecular complexity index is 606. The van der Waals surface area contributed by atoms with Crippen LogP contribution in [0.4, 0.5) is 11.6 Å². The monoisotopic (exact) mass is 276 g/mol. The third-order valence-electron chi connectivity index (χ3n) is 2.88. The fourth-order valence-corrected chi connectivity index (χ4v) is 2.45. The van der Waals surface area contributed by atoms with E-state index < -0.39 is 0 Å². The van der Waals surface area contributed by atoms with E-state index in [0.717, 1.165) is 16.3 Å². The summed E-state index contributed by atoms with van der Waals surface area (Å²) < 4.78 is 0. The lowest BCUT2D eigenvalue weighted by Gasteiger charge is -2.11. The van der Waals surface area contributed by atoms with Gasteiger partial charge in [-0.25, -0.2) is 9.97 Å². The summed E-state index contributed by atoms with van der Waals surface area (Å²) in [5.41, 5.74) is 1.72. The molecule has 0 aliphatic heterocycles. The van der Waals surface area contributed by atoms with Crippen molar-refractivity contribution in [3.8, 4) is 0 Å². The number of nitrogens with zero attached hydrogens (tertiary/aromatic N) is 3. The number of thiophene rings is 1. The summed E-state index contributed by atoms with van der Waals surface area (Å²) in [4.78, 5) is 23.3. The molecule has 0 aliphatic carbocycles. The Balaban J connectivity index is 2.19. The minimum Gasteiger partial charge on any atom is -0.363 e. The fourth-order valence-electron chi connectivity index (χ4n) is 1.58. The number of amides is 1. The molecule has 0 aliphatic rings. The van der Waals surface area contributed by atoms with Crippen molar-refractivity contribution >= 4 is 28.9 Å². The van der Waals surface area contributed by atoms with Crippen LogP contribution in [0.2, 0.25) is 0 Å². The summed E-state index contributed by atoms with van der Waals surface area (Å²) in [6, 6.07) is 1.74. The molecule has 0 aromatic carbocycles. The Morgan fingerprint density at radius 1 is 1.32 bits per heavy atom. The third kappa shape index (κ3) is 2.90. The number of rotatable bonds is 3. The first-order valence-corrected chi connectivity index (χ1v) is 6.72. The molecule has 0 fully saturated rings. The zero-order chi connectivity index (χ0) is 14.0. The van der Waals surface area contributed by atoms with Crippen LogP contribution in [0.15, 0.2) is 17.8 Å². The predicted molar refractivity (Wildman–Crippen MR) is 78.1 cm³/mol. The summed E-state index contributed by atoms with van der Waals surface area (Å²) >= 11 is 1.58. The molecule has 0 radical (unpaired) electrons. The smallest absolute Gasteiger partial charge is 0.257 e. The van der Waals surface area contributed by atoms with E-state index in [9.17, 15) is 4.79 Å². The number of aryl methyl sites for hydroxylation is 1. The van der Waals surface area contributed by atoms with Gasteiger partial charge in [-0.3, -0.25) is 4.79 Å². The number of hydrogen-bond donors (Lipinski definition) is 1. The van der Waals surface area contributed by atoms with Gasteiger partial charge in [0, 0.05) is 30.4 Å². The molecule has 6 heteroatoms. The average molecular weight is 276 g/mol. The first-order valence-electron chi connectivity index (χ1n) is 5.84. The van der Waals surface area contributed by atoms with E-state index in [1.807, 2.05) is 38.2 Å². The van der Waals surface area contributed by atoms with E-state index >= 15 is 0 Å². The van der Waals surface area contributed by atoms with Crippen LogP contribution in [0.5, 0.6) is 0 Å². The Labute approximate surface area is 116 Å². The third-order valence-corrected chi connectivity index (χ3v) is 3.90. The van der Waals surface area contributed by atoms with E-state index in [0.29, 0.717) is 11.4 Å². The largest absolute Gasteiger partial charge is 0.363 e. The maximum Gasteiger partial charge on any atom is 0.257 e. The van der Waals surface area contributed by atoms with Crippen LogP contribution in [-0.2, 0) is 0 Å². The van der Waals surface area contributed by atoms with Gasteiger partial charge < -0.3 is 10.2 Å². The van der Waals surface area contributed by atoms with Gasteiger partial charge in [-0.2, -0.15) is 0 Å². The number of anilines is 2. The molecule has 0 unspecified atom stereocenters. The van der Waals surface area contributed by atoms with Crippen molar-refractivity contribution < 1.29 is 4.79 Å². The molecule has 1 amide bonds. The van der Waals surface area contributed by atoms with Gasteiger partial charge in [0.15, 0.2) is 0 Å². The van der Waals surface area contributed by atoms with E-state index in [1.54, 1.807) is 17.4 Å². The number of hydrogen-bond acceptors (Lipinski definition) is 5. The van der Waals surface area contributed by atoms with Crippen LogP contribution in [-0.4, -0.2) is 30.0 Å². The van der Waals surface area contributed by atoms with Crippen molar-refractivity contribution in [2.24, 2.45) is 0 Å². The van der Waals surface area contributed by atoms with Gasteiger partial charge in [0.25, 0.3) is 5.91 Å². The highest BCUT2D eigenvalue weighted by Crippen LogP contribution is 2.21. The molecule has 100 valence electrons. The number of carbonyl (C=O) groups is 1. The first kappa shape index (κ1) is 13.5. The first-order chi connectivity index (χ1) is 8.99. The molecule has 2 aromatic heterocycles. The zero-order valence-corrected chi connectivity index (χ0v) is 12.2. The van der Waals surface area contributed by atoms with Gasteiger partial charge in [0.2, 0.25) is 0 Å². The maximum absolute atomic E-state index is 12.2. The maximum atomic E-state index is 12.2. The van der Waals surface area contributed by atoms with Crippen molar-refractivity contribution in [1.29, 1.82) is 0 Å². The molecule has 0 saturated heterocycles. The van der Waals surface area contributed by atoms with Crippen LogP contribution < -0.4 is 10.2 Å². The molecule has 1 N–H and O–H groups in total. The minimum atomic E-state index is -0.134. The second-order valence-corrected chi connectivity index (χ2v) is 5.52. The van der Waals surface area contributed by atoms with Gasteiger partial charge in [-0.1, -0.05) is 0 Å². The number of carbonyl (C=O) groups excluding carboxylic acids is 1. The van der Waals surface area contributed by atoms with Crippen molar-refractivity contribution in [1.82, 2.24) is 9.97 Å². The normalized spacial score (nSPS) is 10.3. The van der Waals surface area contributed by atoms with Crippen molar-refractivity contribution in [3.05, 3.63) is 33.8 Å². The van der Waals surface area contributed by atoms with Crippen molar-refractivity contribution in [2.75, 3.05) is 24.3 Å². The topological polar surface area (TPSA) is 58.1 Å². The van der Waals surface area contributed by atoms with Gasteiger partial charge in [-0.05, 0) is 19.4 Å². The van der Waals surface area contributed by atoms with Crippen LogP contribution in [0.25, 0.3) is 0 Å². The number of aromatic nitrogens is 2. The summed E-state index contributed by atoms with van der Waals surface area (Å²) in [5.74, 6) is 1.13. The molecular formula is C13H16N4OS. The van der Waals surface area contributed by atoms with Gasteiger partial charge in [-0.15, -0.1) is 11.3 Å². The molecule has 19 heavy (non-hydrogen) atoms. The van der Waals surface area contributed by atoms with E-state index in [-0.39, 0.29) is 5.91 Å². The Morgan fingerprint density at radius 2 is 2.05 bits per heavy atom. The molecule has 0 atom stereocenters. The fraction of sp³-hybridized carbons (Fsp3) is 0.308.